The second-order valence-electron chi connectivity index (χ2n) is 7.66. The van der Waals surface area contributed by atoms with Crippen LogP contribution in [-0.2, 0) is 6.42 Å². The molecule has 5 nitrogen and oxygen atoms in total. The molecule has 30 heavy (non-hydrogen) atoms. The summed E-state index contributed by atoms with van der Waals surface area (Å²) in [7, 11) is 0. The van der Waals surface area contributed by atoms with Gasteiger partial charge in [0.2, 0.25) is 6.79 Å². The Kier molecular flexibility index (Phi) is 4.54. The summed E-state index contributed by atoms with van der Waals surface area (Å²) in [6.45, 7) is 2.34. The lowest BCUT2D eigenvalue weighted by atomic mass is 9.94. The molecule has 0 aliphatic carbocycles. The Hall–Kier alpha value is -3.54. The highest BCUT2D eigenvalue weighted by Gasteiger charge is 2.36. The molecule has 0 spiro atoms. The predicted octanol–water partition coefficient (Wildman–Crippen LogP) is 4.83. The van der Waals surface area contributed by atoms with E-state index in [1.54, 1.807) is 23.1 Å². The van der Waals surface area contributed by atoms with E-state index in [0.717, 1.165) is 29.2 Å². The van der Waals surface area contributed by atoms with Crippen molar-refractivity contribution in [2.45, 2.75) is 19.5 Å². The number of hydrogen-bond acceptors (Lipinski definition) is 4. The molecule has 0 radical (unpaired) electrons. The van der Waals surface area contributed by atoms with Crippen molar-refractivity contribution < 1.29 is 18.7 Å². The maximum absolute atomic E-state index is 13.5. The van der Waals surface area contributed by atoms with Crippen LogP contribution in [0.5, 0.6) is 11.5 Å². The molecule has 5 rings (SSSR count). The second kappa shape index (κ2) is 7.37. The van der Waals surface area contributed by atoms with Gasteiger partial charge in [-0.25, -0.2) is 4.39 Å². The quantitative estimate of drug-likeness (QED) is 0.677. The molecule has 3 aromatic rings. The van der Waals surface area contributed by atoms with Crippen molar-refractivity contribution >= 4 is 17.3 Å². The van der Waals surface area contributed by atoms with Crippen LogP contribution in [0.1, 0.15) is 22.8 Å². The predicted molar refractivity (Wildman–Crippen MR) is 112 cm³/mol. The van der Waals surface area contributed by atoms with E-state index in [2.05, 4.69) is 12.2 Å². The maximum atomic E-state index is 13.5. The van der Waals surface area contributed by atoms with E-state index in [1.165, 1.54) is 12.1 Å². The third-order valence-corrected chi connectivity index (χ3v) is 5.60. The Morgan fingerprint density at radius 3 is 2.67 bits per heavy atom. The summed E-state index contributed by atoms with van der Waals surface area (Å²) >= 11 is 0. The van der Waals surface area contributed by atoms with Gasteiger partial charge in [0.15, 0.2) is 11.5 Å². The minimum Gasteiger partial charge on any atom is -0.454 e. The standard InChI is InChI=1S/C24H21FN2O3/c1-15(12-16-6-11-21-22(13-16)30-14-29-21)23-26-20-5-3-2-4-19(20)24(28)27(23)18-9-7-17(25)8-10-18/h2-11,13,15,23,26H,12,14H2,1H3/t15-,23+/m0/s1. The van der Waals surface area contributed by atoms with Crippen LogP contribution in [0.3, 0.4) is 0 Å². The normalized spacial score (nSPS) is 18.0. The van der Waals surface area contributed by atoms with Crippen molar-refractivity contribution in [1.82, 2.24) is 0 Å². The Morgan fingerprint density at radius 1 is 1.07 bits per heavy atom. The van der Waals surface area contributed by atoms with Crippen molar-refractivity contribution in [1.29, 1.82) is 0 Å². The smallest absolute Gasteiger partial charge is 0.262 e. The van der Waals surface area contributed by atoms with Gasteiger partial charge in [0, 0.05) is 11.4 Å². The van der Waals surface area contributed by atoms with Gasteiger partial charge in [-0.05, 0) is 66.4 Å². The number of halogens is 1. The van der Waals surface area contributed by atoms with E-state index >= 15 is 0 Å². The van der Waals surface area contributed by atoms with Crippen LogP contribution < -0.4 is 19.7 Å². The average Bonchev–Trinajstić information content (AvgIpc) is 3.22. The average molecular weight is 404 g/mol. The van der Waals surface area contributed by atoms with Crippen LogP contribution in [0.25, 0.3) is 0 Å². The van der Waals surface area contributed by atoms with Crippen molar-refractivity contribution in [3.05, 3.63) is 83.7 Å². The Morgan fingerprint density at radius 2 is 1.83 bits per heavy atom. The molecule has 1 amide bonds. The molecular formula is C24H21FN2O3. The van der Waals surface area contributed by atoms with E-state index in [0.29, 0.717) is 11.3 Å². The van der Waals surface area contributed by atoms with Gasteiger partial charge in [0.05, 0.1) is 5.56 Å². The summed E-state index contributed by atoms with van der Waals surface area (Å²) in [4.78, 5) is 15.1. The van der Waals surface area contributed by atoms with Gasteiger partial charge < -0.3 is 14.8 Å². The van der Waals surface area contributed by atoms with Crippen molar-refractivity contribution in [2.24, 2.45) is 5.92 Å². The van der Waals surface area contributed by atoms with Gasteiger partial charge in [-0.15, -0.1) is 0 Å². The molecule has 1 N–H and O–H groups in total. The van der Waals surface area contributed by atoms with E-state index in [-0.39, 0.29) is 30.6 Å². The van der Waals surface area contributed by atoms with Crippen LogP contribution in [0.2, 0.25) is 0 Å². The third kappa shape index (κ3) is 3.24. The zero-order valence-corrected chi connectivity index (χ0v) is 16.5. The fourth-order valence-electron chi connectivity index (χ4n) is 4.10. The van der Waals surface area contributed by atoms with E-state index in [1.807, 2.05) is 36.4 Å². The number of para-hydroxylation sites is 1. The summed E-state index contributed by atoms with van der Waals surface area (Å²) in [5, 5.41) is 3.52. The number of nitrogens with zero attached hydrogens (tertiary/aromatic N) is 1. The molecule has 2 aliphatic heterocycles. The number of ether oxygens (including phenoxy) is 2. The van der Waals surface area contributed by atoms with Crippen LogP contribution >= 0.6 is 0 Å². The summed E-state index contributed by atoms with van der Waals surface area (Å²) in [6.07, 6.45) is 0.435. The number of hydrogen-bond donors (Lipinski definition) is 1. The number of fused-ring (bicyclic) bond motifs is 2. The fraction of sp³-hybridized carbons (Fsp3) is 0.208. The molecule has 2 aliphatic rings. The minimum absolute atomic E-state index is 0.0627. The molecular weight excluding hydrogens is 383 g/mol. The lowest BCUT2D eigenvalue weighted by molar-refractivity contribution is 0.0967. The number of carbonyl (C=O) groups excluding carboxylic acids is 1. The molecule has 3 aromatic carbocycles. The van der Waals surface area contributed by atoms with E-state index in [9.17, 15) is 9.18 Å². The van der Waals surface area contributed by atoms with Gasteiger partial charge in [0.1, 0.15) is 12.0 Å². The molecule has 0 bridgehead atoms. The zero-order valence-electron chi connectivity index (χ0n) is 16.5. The fourth-order valence-corrected chi connectivity index (χ4v) is 4.10. The minimum atomic E-state index is -0.332. The second-order valence-corrected chi connectivity index (χ2v) is 7.66. The largest absolute Gasteiger partial charge is 0.454 e. The lowest BCUT2D eigenvalue weighted by Crippen LogP contribution is -2.52. The number of rotatable bonds is 4. The Bertz CT molecular complexity index is 1100. The van der Waals surface area contributed by atoms with Gasteiger partial charge >= 0.3 is 0 Å². The number of nitrogens with one attached hydrogen (secondary N) is 1. The molecule has 6 heteroatoms. The molecule has 2 atom stereocenters. The van der Waals surface area contributed by atoms with Gasteiger partial charge in [0.25, 0.3) is 5.91 Å². The number of amides is 1. The van der Waals surface area contributed by atoms with E-state index in [4.69, 9.17) is 9.47 Å². The summed E-state index contributed by atoms with van der Waals surface area (Å²) in [5.74, 6) is 1.13. The van der Waals surface area contributed by atoms with Crippen LogP contribution in [0.4, 0.5) is 15.8 Å². The van der Waals surface area contributed by atoms with Gasteiger partial charge in [-0.3, -0.25) is 9.69 Å². The molecule has 2 heterocycles. The van der Waals surface area contributed by atoms with Crippen molar-refractivity contribution in [3.63, 3.8) is 0 Å². The highest BCUT2D eigenvalue weighted by atomic mass is 19.1. The summed E-state index contributed by atoms with van der Waals surface area (Å²) in [5.41, 5.74) is 3.17. The van der Waals surface area contributed by atoms with Crippen LogP contribution in [0.15, 0.2) is 66.7 Å². The van der Waals surface area contributed by atoms with Crippen molar-refractivity contribution in [3.8, 4) is 11.5 Å². The van der Waals surface area contributed by atoms with Crippen molar-refractivity contribution in [2.75, 3.05) is 17.0 Å². The first-order valence-corrected chi connectivity index (χ1v) is 9.93. The first kappa shape index (κ1) is 18.5. The summed E-state index contributed by atoms with van der Waals surface area (Å²) in [6, 6.07) is 19.4. The van der Waals surface area contributed by atoms with Crippen LogP contribution in [0, 0.1) is 11.7 Å². The molecule has 0 fully saturated rings. The SMILES string of the molecule is C[C@@H](Cc1ccc2c(c1)OCO2)[C@@H]1Nc2ccccc2C(=O)N1c1ccc(F)cc1. The molecule has 0 saturated heterocycles. The molecule has 0 saturated carbocycles. The molecule has 152 valence electrons. The first-order valence-electron chi connectivity index (χ1n) is 9.93. The van der Waals surface area contributed by atoms with E-state index < -0.39 is 0 Å². The first-order chi connectivity index (χ1) is 14.6. The number of carbonyl (C=O) groups is 1. The Balaban J connectivity index is 1.48. The van der Waals surface area contributed by atoms with Gasteiger partial charge in [-0.2, -0.15) is 0 Å². The zero-order chi connectivity index (χ0) is 20.7. The monoisotopic (exact) mass is 404 g/mol. The molecule has 0 unspecified atom stereocenters. The van der Waals surface area contributed by atoms with Crippen LogP contribution in [-0.4, -0.2) is 18.9 Å². The Labute approximate surface area is 174 Å². The lowest BCUT2D eigenvalue weighted by Gasteiger charge is -2.41. The maximum Gasteiger partial charge on any atom is 0.262 e. The topological polar surface area (TPSA) is 50.8 Å². The molecule has 0 aromatic heterocycles. The number of benzene rings is 3. The highest BCUT2D eigenvalue weighted by molar-refractivity contribution is 6.12. The highest BCUT2D eigenvalue weighted by Crippen LogP contribution is 2.36. The number of anilines is 2. The summed E-state index contributed by atoms with van der Waals surface area (Å²) < 4.78 is 24.4. The third-order valence-electron chi connectivity index (χ3n) is 5.60. The van der Waals surface area contributed by atoms with Gasteiger partial charge in [-0.1, -0.05) is 25.1 Å².